The highest BCUT2D eigenvalue weighted by Gasteiger charge is 2.80. The van der Waals surface area contributed by atoms with Crippen molar-refractivity contribution in [2.24, 2.45) is 17.8 Å². The Morgan fingerprint density at radius 1 is 1.38 bits per heavy atom. The first-order chi connectivity index (χ1) is 15.1. The van der Waals surface area contributed by atoms with Gasteiger partial charge in [0.25, 0.3) is 0 Å². The van der Waals surface area contributed by atoms with Gasteiger partial charge in [0, 0.05) is 13.1 Å². The number of ether oxygens (including phenoxy) is 1. The van der Waals surface area contributed by atoms with E-state index in [-0.39, 0.29) is 24.3 Å². The third-order valence-corrected chi connectivity index (χ3v) is 8.02. The highest BCUT2D eigenvalue weighted by Crippen LogP contribution is 2.65. The van der Waals surface area contributed by atoms with Crippen molar-refractivity contribution in [3.8, 4) is 0 Å². The van der Waals surface area contributed by atoms with Crippen LogP contribution >= 0.6 is 0 Å². The van der Waals surface area contributed by atoms with Crippen LogP contribution in [0.15, 0.2) is 12.7 Å². The highest BCUT2D eigenvalue weighted by molar-refractivity contribution is 5.98. The number of carbonyl (C=O) groups excluding carboxylic acids is 2. The molecule has 0 radical (unpaired) electrons. The van der Waals surface area contributed by atoms with Gasteiger partial charge in [0.2, 0.25) is 11.8 Å². The lowest BCUT2D eigenvalue weighted by atomic mass is 9.62. The Kier molecular flexibility index (Phi) is 7.05. The van der Waals surface area contributed by atoms with E-state index in [0.29, 0.717) is 25.9 Å². The zero-order valence-corrected chi connectivity index (χ0v) is 19.7. The molecule has 0 aromatic rings. The van der Waals surface area contributed by atoms with Crippen LogP contribution in [0.25, 0.3) is 0 Å². The fourth-order valence-electron chi connectivity index (χ4n) is 6.31. The lowest BCUT2D eigenvalue weighted by Crippen LogP contribution is -2.59. The number of unbranched alkanes of at least 4 members (excludes halogenated alkanes) is 2. The van der Waals surface area contributed by atoms with Gasteiger partial charge in [-0.2, -0.15) is 0 Å². The smallest absolute Gasteiger partial charge is 0.310 e. The molecule has 0 aromatic heterocycles. The molecule has 3 unspecified atom stereocenters. The second kappa shape index (κ2) is 9.14. The second-order valence-corrected chi connectivity index (χ2v) is 9.81. The van der Waals surface area contributed by atoms with Crippen molar-refractivity contribution in [3.05, 3.63) is 12.7 Å². The van der Waals surface area contributed by atoms with E-state index in [1.807, 2.05) is 13.8 Å². The number of likely N-dealkylation sites (tertiary alicyclic amines) is 1. The fraction of sp³-hybridized carbons (Fsp3) is 0.792. The summed E-state index contributed by atoms with van der Waals surface area (Å²) in [6, 6.07) is -1.52. The molecule has 2 amide bonds. The summed E-state index contributed by atoms with van der Waals surface area (Å²) in [4.78, 5) is 43.2. The van der Waals surface area contributed by atoms with E-state index in [1.54, 1.807) is 17.9 Å². The summed E-state index contributed by atoms with van der Waals surface area (Å²) in [5.74, 6) is -3.79. The van der Waals surface area contributed by atoms with Crippen LogP contribution < -0.4 is 0 Å². The largest absolute Gasteiger partial charge is 0.481 e. The molecule has 0 saturated carbocycles. The topological polar surface area (TPSA) is 107 Å². The fourth-order valence-corrected chi connectivity index (χ4v) is 6.31. The van der Waals surface area contributed by atoms with E-state index < -0.39 is 41.1 Å². The van der Waals surface area contributed by atoms with Crippen molar-refractivity contribution in [1.82, 2.24) is 9.80 Å². The van der Waals surface area contributed by atoms with Crippen molar-refractivity contribution in [1.29, 1.82) is 0 Å². The summed E-state index contributed by atoms with van der Waals surface area (Å²) in [5.41, 5.74) is -2.21. The molecule has 0 aromatic carbocycles. The molecule has 3 fully saturated rings. The number of aliphatic carboxylic acids is 1. The van der Waals surface area contributed by atoms with Crippen LogP contribution in [0.1, 0.15) is 59.8 Å². The minimum atomic E-state index is -1.20. The van der Waals surface area contributed by atoms with Gasteiger partial charge in [-0.25, -0.2) is 0 Å². The lowest BCUT2D eigenvalue weighted by Gasteiger charge is -2.39. The summed E-state index contributed by atoms with van der Waals surface area (Å²) in [6.45, 7) is 12.0. The minimum absolute atomic E-state index is 0.120. The van der Waals surface area contributed by atoms with E-state index >= 15 is 0 Å². The summed E-state index contributed by atoms with van der Waals surface area (Å²) < 4.78 is 6.49. The number of fused-ring (bicyclic) bond motifs is 1. The molecule has 7 atom stereocenters. The zero-order chi connectivity index (χ0) is 23.8. The van der Waals surface area contributed by atoms with E-state index in [4.69, 9.17) is 4.74 Å². The molecular weight excluding hydrogens is 412 g/mol. The molecule has 180 valence electrons. The van der Waals surface area contributed by atoms with Gasteiger partial charge in [-0.05, 0) is 32.1 Å². The Labute approximate surface area is 190 Å². The molecule has 2 bridgehead atoms. The average Bonchev–Trinajstić information content (AvgIpc) is 3.25. The maximum absolute atomic E-state index is 14.0. The number of amides is 2. The maximum atomic E-state index is 14.0. The van der Waals surface area contributed by atoms with Crippen molar-refractivity contribution >= 4 is 17.8 Å². The first-order valence-corrected chi connectivity index (χ1v) is 11.9. The second-order valence-electron chi connectivity index (χ2n) is 9.81. The van der Waals surface area contributed by atoms with Crippen LogP contribution in [-0.2, 0) is 19.1 Å². The number of aliphatic hydroxyl groups is 1. The minimum Gasteiger partial charge on any atom is -0.481 e. The van der Waals surface area contributed by atoms with E-state index in [0.717, 1.165) is 19.3 Å². The summed E-state index contributed by atoms with van der Waals surface area (Å²) in [5, 5.41) is 20.1. The molecule has 3 heterocycles. The molecule has 3 aliphatic rings. The normalized spacial score (nSPS) is 36.3. The molecule has 3 saturated heterocycles. The van der Waals surface area contributed by atoms with Gasteiger partial charge in [-0.1, -0.05) is 39.7 Å². The van der Waals surface area contributed by atoms with Gasteiger partial charge in [0.1, 0.15) is 17.6 Å². The number of hydrogen-bond donors (Lipinski definition) is 2. The summed E-state index contributed by atoms with van der Waals surface area (Å²) >= 11 is 0. The highest BCUT2D eigenvalue weighted by atomic mass is 16.5. The molecule has 8 heteroatoms. The zero-order valence-electron chi connectivity index (χ0n) is 19.7. The van der Waals surface area contributed by atoms with Crippen LogP contribution in [0, 0.1) is 17.8 Å². The molecule has 32 heavy (non-hydrogen) atoms. The summed E-state index contributed by atoms with van der Waals surface area (Å²) in [6.07, 6.45) is 5.38. The van der Waals surface area contributed by atoms with E-state index in [9.17, 15) is 24.6 Å². The Morgan fingerprint density at radius 2 is 2.06 bits per heavy atom. The van der Waals surface area contributed by atoms with Crippen LogP contribution in [0.3, 0.4) is 0 Å². The van der Waals surface area contributed by atoms with E-state index in [1.165, 1.54) is 4.90 Å². The Morgan fingerprint density at radius 3 is 2.59 bits per heavy atom. The predicted molar refractivity (Wildman–Crippen MR) is 119 cm³/mol. The van der Waals surface area contributed by atoms with Gasteiger partial charge in [0.15, 0.2) is 0 Å². The molecular formula is C24H38N2O6. The van der Waals surface area contributed by atoms with Crippen LogP contribution in [0.5, 0.6) is 0 Å². The van der Waals surface area contributed by atoms with Crippen LogP contribution in [0.2, 0.25) is 0 Å². The van der Waals surface area contributed by atoms with Gasteiger partial charge in [-0.15, -0.1) is 6.58 Å². The summed E-state index contributed by atoms with van der Waals surface area (Å²) in [7, 11) is 0. The first-order valence-electron chi connectivity index (χ1n) is 11.9. The monoisotopic (exact) mass is 450 g/mol. The molecule has 0 aliphatic carbocycles. The number of rotatable bonds is 11. The third-order valence-electron chi connectivity index (χ3n) is 8.02. The Bertz CT molecular complexity index is 768. The first kappa shape index (κ1) is 24.7. The third kappa shape index (κ3) is 3.46. The maximum Gasteiger partial charge on any atom is 0.310 e. The van der Waals surface area contributed by atoms with Gasteiger partial charge >= 0.3 is 5.97 Å². The Balaban J connectivity index is 2.10. The number of hydrogen-bond acceptors (Lipinski definition) is 5. The SMILES string of the molecule is C=CCN(CCCCC)C(=O)C1N([C@@H](CC)CO)C(=O)[C@@H]2[C@@H](C(=O)O)[C@]3(C)OC12CC3C. The molecule has 2 N–H and O–H groups in total. The quantitative estimate of drug-likeness (QED) is 0.369. The van der Waals surface area contributed by atoms with Crippen molar-refractivity contribution in [3.63, 3.8) is 0 Å². The number of nitrogens with zero attached hydrogens (tertiary/aromatic N) is 2. The number of carbonyl (C=O) groups is 3. The molecule has 3 aliphatic heterocycles. The number of carboxylic acids is 1. The van der Waals surface area contributed by atoms with E-state index in [2.05, 4.69) is 13.5 Å². The van der Waals surface area contributed by atoms with Gasteiger partial charge < -0.3 is 24.7 Å². The van der Waals surface area contributed by atoms with Crippen molar-refractivity contribution in [2.45, 2.75) is 83.1 Å². The van der Waals surface area contributed by atoms with Crippen molar-refractivity contribution < 1.29 is 29.3 Å². The predicted octanol–water partition coefficient (Wildman–Crippen LogP) is 2.06. The standard InChI is InChI=1S/C24H38N2O6/c1-6-9-10-12-25(11-7-2)21(29)19-24-13-15(4)23(5,32-24)18(22(30)31)17(24)20(28)26(19)16(8-3)14-27/h7,15-19,27H,2,6,8-14H2,1,3-5H3,(H,30,31)/t15?,16-,17-,18-,19?,23+,24?/m0/s1. The molecule has 3 rings (SSSR count). The van der Waals surface area contributed by atoms with Crippen LogP contribution in [0.4, 0.5) is 0 Å². The molecule has 8 nitrogen and oxygen atoms in total. The molecule has 1 spiro atoms. The average molecular weight is 451 g/mol. The number of aliphatic hydroxyl groups excluding tert-OH is 1. The number of carboxylic acid groups (broad SMARTS) is 1. The van der Waals surface area contributed by atoms with Gasteiger partial charge in [0.05, 0.1) is 24.2 Å². The van der Waals surface area contributed by atoms with Gasteiger partial charge in [-0.3, -0.25) is 14.4 Å². The van der Waals surface area contributed by atoms with Crippen molar-refractivity contribution in [2.75, 3.05) is 19.7 Å². The van der Waals surface area contributed by atoms with Crippen LogP contribution in [-0.4, -0.2) is 80.8 Å². The lowest BCUT2D eigenvalue weighted by molar-refractivity contribution is -0.160. The Hall–Kier alpha value is -1.93.